The molecule has 0 fully saturated rings. The first-order valence-electron chi connectivity index (χ1n) is 8.15. The van der Waals surface area contributed by atoms with Crippen molar-refractivity contribution in [3.63, 3.8) is 0 Å². The van der Waals surface area contributed by atoms with Crippen molar-refractivity contribution in [2.75, 3.05) is 0 Å². The van der Waals surface area contributed by atoms with Crippen molar-refractivity contribution in [3.05, 3.63) is 60.3 Å². The van der Waals surface area contributed by atoms with Gasteiger partial charge in [-0.3, -0.25) is 4.68 Å². The van der Waals surface area contributed by atoms with Gasteiger partial charge in [-0.15, -0.1) is 0 Å². The first kappa shape index (κ1) is 13.1. The third-order valence-corrected chi connectivity index (χ3v) is 5.29. The van der Waals surface area contributed by atoms with E-state index in [9.17, 15) is 5.11 Å². The van der Waals surface area contributed by atoms with Crippen LogP contribution in [0.2, 0.25) is 0 Å². The van der Waals surface area contributed by atoms with Gasteiger partial charge in [-0.1, -0.05) is 24.3 Å². The Labute approximate surface area is 134 Å². The maximum Gasteiger partial charge on any atom is 0.101 e. The summed E-state index contributed by atoms with van der Waals surface area (Å²) in [4.78, 5) is 4.33. The molecule has 2 aromatic heterocycles. The highest BCUT2D eigenvalue weighted by Gasteiger charge is 2.39. The van der Waals surface area contributed by atoms with Crippen LogP contribution in [0.3, 0.4) is 0 Å². The van der Waals surface area contributed by atoms with Gasteiger partial charge in [0, 0.05) is 24.2 Å². The van der Waals surface area contributed by atoms with Gasteiger partial charge in [0.05, 0.1) is 30.0 Å². The van der Waals surface area contributed by atoms with Crippen molar-refractivity contribution in [2.45, 2.75) is 31.5 Å². The third-order valence-electron chi connectivity index (χ3n) is 5.29. The Hall–Kier alpha value is -2.40. The summed E-state index contributed by atoms with van der Waals surface area (Å²) in [6.07, 6.45) is 7.10. The second kappa shape index (κ2) is 4.80. The highest BCUT2D eigenvalue weighted by molar-refractivity contribution is 5.69. The number of aliphatic hydroxyl groups is 1. The van der Waals surface area contributed by atoms with Gasteiger partial charge in [0.15, 0.2) is 0 Å². The van der Waals surface area contributed by atoms with Crippen molar-refractivity contribution in [2.24, 2.45) is 5.92 Å². The third kappa shape index (κ3) is 1.77. The van der Waals surface area contributed by atoms with E-state index in [1.807, 2.05) is 23.3 Å². The molecule has 1 N–H and O–H groups in total. The van der Waals surface area contributed by atoms with Crippen LogP contribution in [0.1, 0.15) is 36.2 Å². The molecular formula is C18H18N4O. The average Bonchev–Trinajstić information content (AvgIpc) is 3.25. The van der Waals surface area contributed by atoms with Crippen LogP contribution < -0.4 is 0 Å². The highest BCUT2D eigenvalue weighted by Crippen LogP contribution is 2.48. The molecule has 0 saturated carbocycles. The number of imidazole rings is 1. The number of fused-ring (bicyclic) bond motifs is 4. The molecule has 5 rings (SSSR count). The number of aromatic nitrogens is 4. The summed E-state index contributed by atoms with van der Waals surface area (Å²) in [6.45, 7) is 0.876. The largest absolute Gasteiger partial charge is 0.386 e. The van der Waals surface area contributed by atoms with E-state index in [0.717, 1.165) is 30.8 Å². The maximum absolute atomic E-state index is 11.0. The van der Waals surface area contributed by atoms with E-state index < -0.39 is 6.10 Å². The Morgan fingerprint density at radius 3 is 3.04 bits per heavy atom. The second-order valence-corrected chi connectivity index (χ2v) is 6.45. The van der Waals surface area contributed by atoms with Crippen LogP contribution in [-0.2, 0) is 6.54 Å². The van der Waals surface area contributed by atoms with Gasteiger partial charge in [0.1, 0.15) is 6.10 Å². The second-order valence-electron chi connectivity index (χ2n) is 6.45. The fourth-order valence-electron chi connectivity index (χ4n) is 4.28. The Morgan fingerprint density at radius 1 is 1.17 bits per heavy atom. The monoisotopic (exact) mass is 306 g/mol. The van der Waals surface area contributed by atoms with Crippen LogP contribution in [0.25, 0.3) is 11.3 Å². The Balaban J connectivity index is 1.65. The molecule has 3 atom stereocenters. The van der Waals surface area contributed by atoms with Crippen molar-refractivity contribution >= 4 is 0 Å². The number of rotatable bonds is 1. The minimum Gasteiger partial charge on any atom is -0.386 e. The number of aliphatic hydroxyl groups excluding tert-OH is 1. The fourth-order valence-corrected chi connectivity index (χ4v) is 4.28. The van der Waals surface area contributed by atoms with Gasteiger partial charge in [-0.05, 0) is 24.5 Å². The number of nitrogens with zero attached hydrogens (tertiary/aromatic N) is 4. The fraction of sp³-hybridized carbons (Fsp3) is 0.333. The van der Waals surface area contributed by atoms with E-state index in [1.54, 1.807) is 6.20 Å². The van der Waals surface area contributed by atoms with Crippen molar-refractivity contribution < 1.29 is 5.11 Å². The van der Waals surface area contributed by atoms with Crippen LogP contribution in [0, 0.1) is 5.92 Å². The summed E-state index contributed by atoms with van der Waals surface area (Å²) in [7, 11) is 0. The first-order chi connectivity index (χ1) is 11.3. The summed E-state index contributed by atoms with van der Waals surface area (Å²) in [5.74, 6) is 0.129. The van der Waals surface area contributed by atoms with Gasteiger partial charge in [0.25, 0.3) is 0 Å². The molecule has 2 aliphatic rings. The molecule has 4 heterocycles. The standard InChI is InChI=1S/C18H18N4O/c23-18-14(6-3-9-22-15(18)7-8-20-22)17-13-5-2-1-4-12(13)16-10-19-11-21(16)17/h1-2,4-5,7-8,10-11,14,17-18,23H,3,6,9H2/t14?,17-,18?/m1/s1. The molecule has 0 saturated heterocycles. The van der Waals surface area contributed by atoms with E-state index in [-0.39, 0.29) is 12.0 Å². The van der Waals surface area contributed by atoms with E-state index in [0.29, 0.717) is 0 Å². The van der Waals surface area contributed by atoms with Crippen LogP contribution in [-0.4, -0.2) is 24.4 Å². The van der Waals surface area contributed by atoms with Crippen LogP contribution in [0.15, 0.2) is 49.1 Å². The van der Waals surface area contributed by atoms with Crippen LogP contribution >= 0.6 is 0 Å². The van der Waals surface area contributed by atoms with E-state index in [2.05, 4.69) is 38.9 Å². The molecule has 116 valence electrons. The maximum atomic E-state index is 11.0. The minimum absolute atomic E-state index is 0.129. The number of hydrogen-bond donors (Lipinski definition) is 1. The summed E-state index contributed by atoms with van der Waals surface area (Å²) in [5.41, 5.74) is 4.61. The molecule has 1 aromatic carbocycles. The van der Waals surface area contributed by atoms with Gasteiger partial charge >= 0.3 is 0 Å². The summed E-state index contributed by atoms with van der Waals surface area (Å²) < 4.78 is 4.17. The molecular weight excluding hydrogens is 288 g/mol. The predicted octanol–water partition coefficient (Wildman–Crippen LogP) is 2.79. The SMILES string of the molecule is OC1c2ccnn2CCCC1[C@H]1c2ccccc2-c2cncn21. The molecule has 0 amide bonds. The molecule has 5 heteroatoms. The molecule has 23 heavy (non-hydrogen) atoms. The summed E-state index contributed by atoms with van der Waals surface area (Å²) in [5, 5.41) is 15.4. The zero-order valence-electron chi connectivity index (χ0n) is 12.7. The number of aryl methyl sites for hydroxylation is 1. The summed E-state index contributed by atoms with van der Waals surface area (Å²) >= 11 is 0. The predicted molar refractivity (Wildman–Crippen MR) is 85.7 cm³/mol. The lowest BCUT2D eigenvalue weighted by atomic mass is 9.84. The smallest absolute Gasteiger partial charge is 0.101 e. The minimum atomic E-state index is -0.508. The zero-order chi connectivity index (χ0) is 15.4. The molecule has 0 spiro atoms. The van der Waals surface area contributed by atoms with Gasteiger partial charge < -0.3 is 9.67 Å². The van der Waals surface area contributed by atoms with Gasteiger partial charge in [0.2, 0.25) is 0 Å². The molecule has 2 aliphatic heterocycles. The lowest BCUT2D eigenvalue weighted by Gasteiger charge is -2.28. The lowest BCUT2D eigenvalue weighted by molar-refractivity contribution is 0.0799. The van der Waals surface area contributed by atoms with Crippen molar-refractivity contribution in [3.8, 4) is 11.3 Å². The topological polar surface area (TPSA) is 55.9 Å². The highest BCUT2D eigenvalue weighted by atomic mass is 16.3. The van der Waals surface area contributed by atoms with E-state index in [1.165, 1.54) is 11.1 Å². The van der Waals surface area contributed by atoms with Crippen LogP contribution in [0.5, 0.6) is 0 Å². The molecule has 0 radical (unpaired) electrons. The average molecular weight is 306 g/mol. The Morgan fingerprint density at radius 2 is 2.09 bits per heavy atom. The number of hydrogen-bond acceptors (Lipinski definition) is 3. The lowest BCUT2D eigenvalue weighted by Crippen LogP contribution is -2.23. The molecule has 5 nitrogen and oxygen atoms in total. The first-order valence-corrected chi connectivity index (χ1v) is 8.15. The van der Waals surface area contributed by atoms with Gasteiger partial charge in [-0.2, -0.15) is 5.10 Å². The zero-order valence-corrected chi connectivity index (χ0v) is 12.7. The molecule has 3 aromatic rings. The van der Waals surface area contributed by atoms with Crippen LogP contribution in [0.4, 0.5) is 0 Å². The van der Waals surface area contributed by atoms with Crippen molar-refractivity contribution in [1.29, 1.82) is 0 Å². The molecule has 0 aliphatic carbocycles. The Kier molecular flexibility index (Phi) is 2.73. The molecule has 2 unspecified atom stereocenters. The quantitative estimate of drug-likeness (QED) is 0.752. The summed E-state index contributed by atoms with van der Waals surface area (Å²) in [6, 6.07) is 10.6. The van der Waals surface area contributed by atoms with E-state index >= 15 is 0 Å². The van der Waals surface area contributed by atoms with E-state index in [4.69, 9.17) is 0 Å². The Bertz CT molecular complexity index is 865. The number of benzene rings is 1. The van der Waals surface area contributed by atoms with Crippen molar-refractivity contribution in [1.82, 2.24) is 19.3 Å². The van der Waals surface area contributed by atoms with Gasteiger partial charge in [-0.25, -0.2) is 4.98 Å². The normalized spacial score (nSPS) is 25.5. The molecule has 0 bridgehead atoms.